The lowest BCUT2D eigenvalue weighted by Gasteiger charge is -2.41. The van der Waals surface area contributed by atoms with Crippen molar-refractivity contribution in [1.29, 1.82) is 0 Å². The molecule has 7 nitrogen and oxygen atoms in total. The van der Waals surface area contributed by atoms with Crippen LogP contribution < -0.4 is 0 Å². The zero-order valence-corrected chi connectivity index (χ0v) is 16.6. The molecule has 1 aromatic carbocycles. The van der Waals surface area contributed by atoms with Gasteiger partial charge in [-0.05, 0) is 24.6 Å². The van der Waals surface area contributed by atoms with E-state index in [1.54, 1.807) is 13.0 Å². The fourth-order valence-electron chi connectivity index (χ4n) is 4.15. The van der Waals surface area contributed by atoms with Crippen molar-refractivity contribution in [2.75, 3.05) is 26.3 Å². The monoisotopic (exact) mass is 422 g/mol. The van der Waals surface area contributed by atoms with Crippen molar-refractivity contribution in [1.82, 2.24) is 19.5 Å². The number of hydrogen-bond donors (Lipinski definition) is 1. The van der Waals surface area contributed by atoms with Crippen LogP contribution in [0.2, 0.25) is 0 Å². The number of aromatic nitrogens is 3. The van der Waals surface area contributed by atoms with Crippen molar-refractivity contribution in [2.45, 2.75) is 31.6 Å². The zero-order chi connectivity index (χ0) is 20.2. The second-order valence-corrected chi connectivity index (χ2v) is 8.37. The molecule has 2 fully saturated rings. The Labute approximate surface area is 169 Å². The molecule has 1 spiro atoms. The number of halogens is 2. The van der Waals surface area contributed by atoms with Gasteiger partial charge in [0.25, 0.3) is 0 Å². The Morgan fingerprint density at radius 1 is 1.17 bits per heavy atom. The first-order chi connectivity index (χ1) is 14.0. The van der Waals surface area contributed by atoms with E-state index in [9.17, 15) is 13.9 Å². The molecular weight excluding hydrogens is 402 g/mol. The molecule has 0 saturated carbocycles. The topological polar surface area (TPSA) is 72.1 Å². The van der Waals surface area contributed by atoms with Gasteiger partial charge < -0.3 is 14.6 Å². The molecule has 1 atom stereocenters. The fourth-order valence-corrected chi connectivity index (χ4v) is 5.31. The van der Waals surface area contributed by atoms with Gasteiger partial charge in [-0.1, -0.05) is 17.4 Å². The summed E-state index contributed by atoms with van der Waals surface area (Å²) in [6.45, 7) is 4.16. The maximum atomic E-state index is 14.0. The Kier molecular flexibility index (Phi) is 4.54. The van der Waals surface area contributed by atoms with Gasteiger partial charge in [-0.15, -0.1) is 5.10 Å². The summed E-state index contributed by atoms with van der Waals surface area (Å²) in [6, 6.07) is 3.40. The Morgan fingerprint density at radius 2 is 1.90 bits per heavy atom. The van der Waals surface area contributed by atoms with Gasteiger partial charge in [0.2, 0.25) is 10.8 Å². The van der Waals surface area contributed by atoms with E-state index in [0.717, 1.165) is 6.07 Å². The Morgan fingerprint density at radius 3 is 2.55 bits per heavy atom. The van der Waals surface area contributed by atoms with Crippen LogP contribution in [0.5, 0.6) is 5.88 Å². The minimum absolute atomic E-state index is 0.0333. The quantitative estimate of drug-likeness (QED) is 0.700. The smallest absolute Gasteiger partial charge is 0.230 e. The van der Waals surface area contributed by atoms with E-state index in [4.69, 9.17) is 9.47 Å². The maximum absolute atomic E-state index is 14.0. The number of rotatable bonds is 3. The lowest BCUT2D eigenvalue weighted by Crippen LogP contribution is -2.46. The van der Waals surface area contributed by atoms with E-state index < -0.39 is 23.5 Å². The van der Waals surface area contributed by atoms with Crippen molar-refractivity contribution >= 4 is 16.3 Å². The van der Waals surface area contributed by atoms with Crippen molar-refractivity contribution in [2.24, 2.45) is 0 Å². The van der Waals surface area contributed by atoms with Crippen LogP contribution in [0.4, 0.5) is 8.78 Å². The lowest BCUT2D eigenvalue weighted by molar-refractivity contribution is -0.187. The molecule has 2 aromatic heterocycles. The van der Waals surface area contributed by atoms with E-state index in [2.05, 4.69) is 15.0 Å². The van der Waals surface area contributed by atoms with Gasteiger partial charge in [-0.3, -0.25) is 4.90 Å². The van der Waals surface area contributed by atoms with Crippen molar-refractivity contribution in [3.8, 4) is 5.88 Å². The average Bonchev–Trinajstić information content (AvgIpc) is 3.38. The highest BCUT2D eigenvalue weighted by molar-refractivity contribution is 7.17. The van der Waals surface area contributed by atoms with Crippen molar-refractivity contribution < 1.29 is 23.4 Å². The standard InChI is InChI=1S/C19H20F2N4O3S/c1-11-22-18-25(23-11)17(26)16(29-18)15(12-2-3-13(20)14(21)10-12)24-6-4-19(5-7-24)27-8-9-28-19/h2-3,10,15,26H,4-9H2,1H3/t15-/m0/s1. The van der Waals surface area contributed by atoms with E-state index >= 15 is 0 Å². The second-order valence-electron chi connectivity index (χ2n) is 7.36. The van der Waals surface area contributed by atoms with Crippen LogP contribution in [0.15, 0.2) is 18.2 Å². The summed E-state index contributed by atoms with van der Waals surface area (Å²) in [5, 5.41) is 15.0. The minimum Gasteiger partial charge on any atom is -0.492 e. The van der Waals surface area contributed by atoms with Gasteiger partial charge in [0.05, 0.1) is 24.1 Å². The molecule has 0 bridgehead atoms. The molecule has 2 aliphatic heterocycles. The van der Waals surface area contributed by atoms with E-state index in [1.165, 1.54) is 21.9 Å². The third-order valence-electron chi connectivity index (χ3n) is 5.55. The average molecular weight is 422 g/mol. The SMILES string of the molecule is Cc1nc2sc([C@H](c3ccc(F)c(F)c3)N3CCC4(CC3)OCCO4)c(O)n2n1. The summed E-state index contributed by atoms with van der Waals surface area (Å²) in [5.41, 5.74) is 0.560. The fraction of sp³-hybridized carbons (Fsp3) is 0.474. The lowest BCUT2D eigenvalue weighted by atomic mass is 9.97. The summed E-state index contributed by atoms with van der Waals surface area (Å²) in [4.78, 5) is 7.60. The Hall–Kier alpha value is -2.14. The highest BCUT2D eigenvalue weighted by Gasteiger charge is 2.42. The van der Waals surface area contributed by atoms with Crippen LogP contribution >= 0.6 is 11.3 Å². The molecule has 3 aromatic rings. The van der Waals surface area contributed by atoms with Crippen LogP contribution in [-0.2, 0) is 9.47 Å². The molecular formula is C19H20F2N4O3S. The summed E-state index contributed by atoms with van der Waals surface area (Å²) in [6.07, 6.45) is 1.32. The van der Waals surface area contributed by atoms with Crippen LogP contribution in [0, 0.1) is 18.6 Å². The summed E-state index contributed by atoms with van der Waals surface area (Å²) in [7, 11) is 0. The number of ether oxygens (including phenoxy) is 2. The Bertz CT molecular complexity index is 1050. The third kappa shape index (κ3) is 3.20. The van der Waals surface area contributed by atoms with Gasteiger partial charge in [0, 0.05) is 25.9 Å². The first kappa shape index (κ1) is 18.9. The summed E-state index contributed by atoms with van der Waals surface area (Å²) >= 11 is 1.29. The predicted octanol–water partition coefficient (Wildman–Crippen LogP) is 3.01. The van der Waals surface area contributed by atoms with Crippen molar-refractivity contribution in [3.63, 3.8) is 0 Å². The van der Waals surface area contributed by atoms with Gasteiger partial charge in [-0.25, -0.2) is 13.8 Å². The highest BCUT2D eigenvalue weighted by atomic mass is 32.1. The number of thiazole rings is 1. The number of nitrogens with zero attached hydrogens (tertiary/aromatic N) is 4. The minimum atomic E-state index is -0.918. The molecule has 29 heavy (non-hydrogen) atoms. The molecule has 4 heterocycles. The Balaban J connectivity index is 1.54. The number of aryl methyl sites for hydroxylation is 1. The van der Waals surface area contributed by atoms with Gasteiger partial charge in [-0.2, -0.15) is 4.52 Å². The molecule has 2 aliphatic rings. The van der Waals surface area contributed by atoms with Crippen LogP contribution in [0.25, 0.3) is 4.96 Å². The van der Waals surface area contributed by atoms with Crippen molar-refractivity contribution in [3.05, 3.63) is 46.1 Å². The number of aromatic hydroxyl groups is 1. The predicted molar refractivity (Wildman–Crippen MR) is 101 cm³/mol. The van der Waals surface area contributed by atoms with Gasteiger partial charge in [0.1, 0.15) is 5.82 Å². The molecule has 0 amide bonds. The maximum Gasteiger partial charge on any atom is 0.230 e. The van der Waals surface area contributed by atoms with E-state index in [0.29, 0.717) is 60.4 Å². The largest absolute Gasteiger partial charge is 0.492 e. The number of piperidine rings is 1. The molecule has 1 N–H and O–H groups in total. The number of likely N-dealkylation sites (tertiary alicyclic amines) is 1. The molecule has 0 aliphatic carbocycles. The number of hydrogen-bond acceptors (Lipinski definition) is 7. The van der Waals surface area contributed by atoms with E-state index in [-0.39, 0.29) is 5.88 Å². The molecule has 10 heteroatoms. The van der Waals surface area contributed by atoms with Crippen LogP contribution in [-0.4, -0.2) is 56.7 Å². The van der Waals surface area contributed by atoms with Gasteiger partial charge >= 0.3 is 0 Å². The molecule has 0 radical (unpaired) electrons. The molecule has 2 saturated heterocycles. The highest BCUT2D eigenvalue weighted by Crippen LogP contribution is 2.43. The second kappa shape index (κ2) is 6.98. The summed E-state index contributed by atoms with van der Waals surface area (Å²) < 4.78 is 40.6. The normalized spacial score (nSPS) is 20.7. The van der Waals surface area contributed by atoms with Crippen LogP contribution in [0.3, 0.4) is 0 Å². The van der Waals surface area contributed by atoms with E-state index in [1.807, 2.05) is 0 Å². The molecule has 154 valence electrons. The number of benzene rings is 1. The molecule has 5 rings (SSSR count). The molecule has 0 unspecified atom stereocenters. The first-order valence-electron chi connectivity index (χ1n) is 9.48. The van der Waals surface area contributed by atoms with Crippen LogP contribution in [0.1, 0.15) is 35.1 Å². The first-order valence-corrected chi connectivity index (χ1v) is 10.3. The van der Waals surface area contributed by atoms with Gasteiger partial charge in [0.15, 0.2) is 17.4 Å². The third-order valence-corrected chi connectivity index (χ3v) is 6.62. The zero-order valence-electron chi connectivity index (χ0n) is 15.8. The summed E-state index contributed by atoms with van der Waals surface area (Å²) in [5.74, 6) is -1.86. The number of fused-ring (bicyclic) bond motifs is 1.